The predicted octanol–water partition coefficient (Wildman–Crippen LogP) is 2.38. The minimum absolute atomic E-state index is 0.104. The lowest BCUT2D eigenvalue weighted by Gasteiger charge is -2.33. The number of halogens is 1. The number of rotatable bonds is 3. The zero-order valence-corrected chi connectivity index (χ0v) is 15.9. The van der Waals surface area contributed by atoms with Crippen molar-refractivity contribution in [3.63, 3.8) is 0 Å². The van der Waals surface area contributed by atoms with Gasteiger partial charge in [0.2, 0.25) is 10.0 Å². The number of sulfonamides is 1. The first-order chi connectivity index (χ1) is 11.9. The first-order valence-corrected chi connectivity index (χ1v) is 10.4. The fourth-order valence-corrected chi connectivity index (χ4v) is 4.95. The van der Waals surface area contributed by atoms with Crippen molar-refractivity contribution in [1.29, 1.82) is 0 Å². The molecule has 0 saturated carbocycles. The van der Waals surface area contributed by atoms with Crippen molar-refractivity contribution in [2.45, 2.75) is 37.1 Å². The minimum Gasteiger partial charge on any atom is -0.379 e. The van der Waals surface area contributed by atoms with Gasteiger partial charge in [0.25, 0.3) is 5.91 Å². The Morgan fingerprint density at radius 3 is 2.60 bits per heavy atom. The van der Waals surface area contributed by atoms with Crippen molar-refractivity contribution >= 4 is 27.5 Å². The number of piperidine rings is 1. The fraction of sp³-hybridized carbons (Fsp3) is 0.588. The van der Waals surface area contributed by atoms with Crippen LogP contribution >= 0.6 is 11.6 Å². The summed E-state index contributed by atoms with van der Waals surface area (Å²) in [5.74, 6) is -0.198. The monoisotopic (exact) mass is 386 g/mol. The number of likely N-dealkylation sites (tertiary alicyclic amines) is 1. The van der Waals surface area contributed by atoms with Crippen LogP contribution in [0.3, 0.4) is 0 Å². The molecule has 0 N–H and O–H groups in total. The van der Waals surface area contributed by atoms with Gasteiger partial charge in [-0.25, -0.2) is 8.42 Å². The number of carbonyl (C=O) groups is 1. The van der Waals surface area contributed by atoms with Gasteiger partial charge in [-0.15, -0.1) is 0 Å². The Balaban J connectivity index is 1.91. The van der Waals surface area contributed by atoms with Gasteiger partial charge in [-0.3, -0.25) is 4.79 Å². The van der Waals surface area contributed by atoms with E-state index in [9.17, 15) is 13.2 Å². The van der Waals surface area contributed by atoms with E-state index in [0.29, 0.717) is 32.8 Å². The van der Waals surface area contributed by atoms with Crippen molar-refractivity contribution in [2.24, 2.45) is 0 Å². The molecule has 8 heteroatoms. The van der Waals surface area contributed by atoms with Crippen LogP contribution in [0.5, 0.6) is 0 Å². The van der Waals surface area contributed by atoms with Crippen LogP contribution in [-0.2, 0) is 14.8 Å². The van der Waals surface area contributed by atoms with Crippen molar-refractivity contribution in [1.82, 2.24) is 9.21 Å². The molecule has 0 spiro atoms. The third kappa shape index (κ3) is 3.84. The molecule has 0 radical (unpaired) electrons. The van der Waals surface area contributed by atoms with E-state index >= 15 is 0 Å². The molecule has 1 aromatic carbocycles. The van der Waals surface area contributed by atoms with E-state index in [1.54, 1.807) is 4.90 Å². The Kier molecular flexibility index (Phi) is 5.68. The van der Waals surface area contributed by atoms with Crippen LogP contribution in [0.15, 0.2) is 23.1 Å². The number of nitrogens with zero attached hydrogens (tertiary/aromatic N) is 2. The number of ether oxygens (including phenoxy) is 1. The Bertz CT molecular complexity index is 747. The van der Waals surface area contributed by atoms with Crippen LogP contribution in [-0.4, -0.2) is 62.4 Å². The largest absolute Gasteiger partial charge is 0.379 e. The zero-order chi connectivity index (χ0) is 18.0. The average Bonchev–Trinajstić information content (AvgIpc) is 2.62. The van der Waals surface area contributed by atoms with E-state index in [0.717, 1.165) is 19.3 Å². The standard InChI is InChI=1S/C17H23ClN2O4S/c1-13-4-2-3-7-20(13)17(21)15-12-14(5-6-16(15)18)25(22,23)19-8-10-24-11-9-19/h5-6,12-13H,2-4,7-11H2,1H3/t13-/m1/s1. The van der Waals surface area contributed by atoms with E-state index < -0.39 is 10.0 Å². The lowest BCUT2D eigenvalue weighted by Crippen LogP contribution is -2.42. The van der Waals surface area contributed by atoms with Crippen molar-refractivity contribution in [3.8, 4) is 0 Å². The molecule has 0 unspecified atom stereocenters. The molecule has 1 atom stereocenters. The molecule has 6 nitrogen and oxygen atoms in total. The van der Waals surface area contributed by atoms with Gasteiger partial charge < -0.3 is 9.64 Å². The Hall–Kier alpha value is -1.15. The highest BCUT2D eigenvalue weighted by molar-refractivity contribution is 7.89. The van der Waals surface area contributed by atoms with Crippen LogP contribution in [0.2, 0.25) is 5.02 Å². The summed E-state index contributed by atoms with van der Waals surface area (Å²) in [6, 6.07) is 4.51. The smallest absolute Gasteiger partial charge is 0.255 e. The molecular formula is C17H23ClN2O4S. The van der Waals surface area contributed by atoms with Crippen LogP contribution in [0.25, 0.3) is 0 Å². The molecule has 2 saturated heterocycles. The minimum atomic E-state index is -3.66. The van der Waals surface area contributed by atoms with Gasteiger partial charge in [0.1, 0.15) is 0 Å². The molecule has 138 valence electrons. The van der Waals surface area contributed by atoms with E-state index in [2.05, 4.69) is 0 Å². The Morgan fingerprint density at radius 2 is 1.92 bits per heavy atom. The maximum atomic E-state index is 12.9. The van der Waals surface area contributed by atoms with Gasteiger partial charge in [0, 0.05) is 25.7 Å². The van der Waals surface area contributed by atoms with Crippen molar-refractivity contribution < 1.29 is 17.9 Å². The molecule has 0 bridgehead atoms. The topological polar surface area (TPSA) is 66.9 Å². The summed E-state index contributed by atoms with van der Waals surface area (Å²) in [6.45, 7) is 4.08. The molecule has 2 heterocycles. The molecule has 2 aliphatic heterocycles. The van der Waals surface area contributed by atoms with Gasteiger partial charge in [-0.1, -0.05) is 11.6 Å². The first-order valence-electron chi connectivity index (χ1n) is 8.59. The van der Waals surface area contributed by atoms with E-state index in [1.165, 1.54) is 22.5 Å². The van der Waals surface area contributed by atoms with Crippen LogP contribution in [0, 0.1) is 0 Å². The van der Waals surface area contributed by atoms with Gasteiger partial charge in [-0.2, -0.15) is 4.31 Å². The number of amides is 1. The highest BCUT2D eigenvalue weighted by Crippen LogP contribution is 2.27. The first kappa shape index (κ1) is 18.6. The third-order valence-electron chi connectivity index (χ3n) is 4.84. The average molecular weight is 387 g/mol. The maximum Gasteiger partial charge on any atom is 0.255 e. The van der Waals surface area contributed by atoms with Crippen molar-refractivity contribution in [3.05, 3.63) is 28.8 Å². The van der Waals surface area contributed by atoms with E-state index in [1.807, 2.05) is 6.92 Å². The fourth-order valence-electron chi connectivity index (χ4n) is 3.32. The van der Waals surface area contributed by atoms with Crippen LogP contribution in [0.4, 0.5) is 0 Å². The quantitative estimate of drug-likeness (QED) is 0.799. The SMILES string of the molecule is C[C@@H]1CCCCN1C(=O)c1cc(S(=O)(=O)N2CCOCC2)ccc1Cl. The summed E-state index contributed by atoms with van der Waals surface area (Å²) < 4.78 is 32.2. The molecular weight excluding hydrogens is 364 g/mol. The van der Waals surface area contributed by atoms with Crippen molar-refractivity contribution in [2.75, 3.05) is 32.8 Å². The molecule has 0 aliphatic carbocycles. The van der Waals surface area contributed by atoms with Gasteiger partial charge in [0.15, 0.2) is 0 Å². The lowest BCUT2D eigenvalue weighted by molar-refractivity contribution is 0.0635. The number of hydrogen-bond acceptors (Lipinski definition) is 4. The highest BCUT2D eigenvalue weighted by Gasteiger charge is 2.30. The summed E-state index contributed by atoms with van der Waals surface area (Å²) in [5.41, 5.74) is 0.254. The summed E-state index contributed by atoms with van der Waals surface area (Å²) in [4.78, 5) is 14.8. The number of hydrogen-bond donors (Lipinski definition) is 0. The van der Waals surface area contributed by atoms with Gasteiger partial charge in [0.05, 0.1) is 28.7 Å². The summed E-state index contributed by atoms with van der Waals surface area (Å²) in [6.07, 6.45) is 3.01. The van der Waals surface area contributed by atoms with Crippen LogP contribution in [0.1, 0.15) is 36.5 Å². The molecule has 0 aromatic heterocycles. The Morgan fingerprint density at radius 1 is 1.20 bits per heavy atom. The lowest BCUT2D eigenvalue weighted by atomic mass is 10.0. The second-order valence-electron chi connectivity index (χ2n) is 6.50. The number of carbonyl (C=O) groups excluding carboxylic acids is 1. The second kappa shape index (κ2) is 7.61. The molecule has 3 rings (SSSR count). The molecule has 1 amide bonds. The molecule has 2 aliphatic rings. The molecule has 2 fully saturated rings. The summed E-state index contributed by atoms with van der Waals surface area (Å²) in [7, 11) is -3.66. The second-order valence-corrected chi connectivity index (χ2v) is 8.85. The molecule has 1 aromatic rings. The summed E-state index contributed by atoms with van der Waals surface area (Å²) in [5, 5.41) is 0.281. The van der Waals surface area contributed by atoms with Gasteiger partial charge in [-0.05, 0) is 44.4 Å². The van der Waals surface area contributed by atoms with E-state index in [4.69, 9.17) is 16.3 Å². The zero-order valence-electron chi connectivity index (χ0n) is 14.3. The number of morpholine rings is 1. The highest BCUT2D eigenvalue weighted by atomic mass is 35.5. The molecule has 25 heavy (non-hydrogen) atoms. The van der Waals surface area contributed by atoms with E-state index in [-0.39, 0.29) is 27.4 Å². The third-order valence-corrected chi connectivity index (χ3v) is 7.06. The van der Waals surface area contributed by atoms with Gasteiger partial charge >= 0.3 is 0 Å². The summed E-state index contributed by atoms with van der Waals surface area (Å²) >= 11 is 6.22. The number of benzene rings is 1. The predicted molar refractivity (Wildman–Crippen MR) is 95.4 cm³/mol. The normalized spacial score (nSPS) is 22.8. The Labute approximate surface area is 153 Å². The maximum absolute atomic E-state index is 12.9. The van der Waals surface area contributed by atoms with Crippen LogP contribution < -0.4 is 0 Å².